The van der Waals surface area contributed by atoms with Gasteiger partial charge in [-0.2, -0.15) is 0 Å². The fraction of sp³-hybridized carbons (Fsp3) is 0.533. The summed E-state index contributed by atoms with van der Waals surface area (Å²) in [6, 6.07) is 0. The van der Waals surface area contributed by atoms with E-state index in [4.69, 9.17) is 0 Å². The molecule has 0 unspecified atom stereocenters. The first-order chi connectivity index (χ1) is 10.3. The van der Waals surface area contributed by atoms with E-state index in [1.807, 2.05) is 5.38 Å². The molecule has 0 fully saturated rings. The van der Waals surface area contributed by atoms with Gasteiger partial charge in [0.05, 0.1) is 12.1 Å². The van der Waals surface area contributed by atoms with Crippen molar-refractivity contribution >= 4 is 17.2 Å². The minimum Gasteiger partial charge on any atom is -0.345 e. The van der Waals surface area contributed by atoms with E-state index in [1.54, 1.807) is 11.3 Å². The molecule has 5 nitrogen and oxygen atoms in total. The van der Waals surface area contributed by atoms with Crippen LogP contribution in [0.2, 0.25) is 0 Å². The summed E-state index contributed by atoms with van der Waals surface area (Å²) in [7, 11) is 0. The number of hydrogen-bond donors (Lipinski definition) is 1. The van der Waals surface area contributed by atoms with Crippen LogP contribution in [0, 0.1) is 0 Å². The van der Waals surface area contributed by atoms with Crippen LogP contribution in [-0.2, 0) is 32.4 Å². The van der Waals surface area contributed by atoms with E-state index in [0.29, 0.717) is 6.54 Å². The number of aromatic nitrogens is 3. The Morgan fingerprint density at radius 1 is 1.24 bits per heavy atom. The first kappa shape index (κ1) is 13.0. The van der Waals surface area contributed by atoms with Crippen LogP contribution in [-0.4, -0.2) is 20.7 Å². The van der Waals surface area contributed by atoms with E-state index in [2.05, 4.69) is 20.1 Å². The Hall–Kier alpha value is -1.69. The van der Waals surface area contributed by atoms with E-state index in [-0.39, 0.29) is 5.91 Å². The van der Waals surface area contributed by atoms with Crippen LogP contribution >= 0.6 is 11.3 Å². The zero-order valence-corrected chi connectivity index (χ0v) is 12.7. The van der Waals surface area contributed by atoms with Gasteiger partial charge in [-0.05, 0) is 37.7 Å². The molecule has 2 aliphatic rings. The van der Waals surface area contributed by atoms with Gasteiger partial charge in [0.15, 0.2) is 5.82 Å². The Morgan fingerprint density at radius 3 is 3.10 bits per heavy atom. The van der Waals surface area contributed by atoms with Gasteiger partial charge < -0.3 is 9.88 Å². The fourth-order valence-electron chi connectivity index (χ4n) is 3.28. The number of hydrogen-bond acceptors (Lipinski definition) is 4. The minimum absolute atomic E-state index is 0.0322. The van der Waals surface area contributed by atoms with Gasteiger partial charge in [-0.3, -0.25) is 4.79 Å². The summed E-state index contributed by atoms with van der Waals surface area (Å²) in [5.41, 5.74) is 2.14. The molecular weight excluding hydrogens is 284 g/mol. The van der Waals surface area contributed by atoms with E-state index in [0.717, 1.165) is 49.4 Å². The largest absolute Gasteiger partial charge is 0.345 e. The van der Waals surface area contributed by atoms with E-state index in [1.165, 1.54) is 23.3 Å². The van der Waals surface area contributed by atoms with Gasteiger partial charge in [0.1, 0.15) is 5.82 Å². The molecule has 3 heterocycles. The molecule has 4 rings (SSSR count). The normalized spacial score (nSPS) is 16.6. The highest BCUT2D eigenvalue weighted by molar-refractivity contribution is 7.10. The van der Waals surface area contributed by atoms with Crippen LogP contribution < -0.4 is 5.32 Å². The van der Waals surface area contributed by atoms with Crippen molar-refractivity contribution in [1.29, 1.82) is 0 Å². The van der Waals surface area contributed by atoms with Crippen molar-refractivity contribution in [3.8, 4) is 0 Å². The third-order valence-electron chi connectivity index (χ3n) is 4.40. The molecule has 0 spiro atoms. The standard InChI is InChI=1S/C15H18N4OS/c20-15(11-9-21-12-5-2-1-4-10(11)12)16-8-14-18-17-13-6-3-7-19(13)14/h9H,1-8H2,(H,16,20). The van der Waals surface area contributed by atoms with Gasteiger partial charge in [-0.25, -0.2) is 0 Å². The predicted molar refractivity (Wildman–Crippen MR) is 80.5 cm³/mol. The lowest BCUT2D eigenvalue weighted by Gasteiger charge is -2.12. The smallest absolute Gasteiger partial charge is 0.252 e. The summed E-state index contributed by atoms with van der Waals surface area (Å²) < 4.78 is 2.13. The van der Waals surface area contributed by atoms with Crippen LogP contribution in [0.3, 0.4) is 0 Å². The molecule has 110 valence electrons. The van der Waals surface area contributed by atoms with Crippen LogP contribution in [0.1, 0.15) is 51.7 Å². The van der Waals surface area contributed by atoms with Crippen molar-refractivity contribution < 1.29 is 4.79 Å². The molecule has 0 saturated heterocycles. The van der Waals surface area contributed by atoms with E-state index >= 15 is 0 Å². The van der Waals surface area contributed by atoms with Gasteiger partial charge in [0, 0.05) is 23.2 Å². The van der Waals surface area contributed by atoms with Crippen LogP contribution in [0.5, 0.6) is 0 Å². The topological polar surface area (TPSA) is 59.8 Å². The second kappa shape index (κ2) is 5.26. The van der Waals surface area contributed by atoms with Crippen LogP contribution in [0.15, 0.2) is 5.38 Å². The van der Waals surface area contributed by atoms with Crippen molar-refractivity contribution in [2.24, 2.45) is 0 Å². The molecule has 0 aromatic carbocycles. The Morgan fingerprint density at radius 2 is 2.14 bits per heavy atom. The summed E-state index contributed by atoms with van der Waals surface area (Å²) in [5, 5.41) is 13.4. The number of rotatable bonds is 3. The fourth-order valence-corrected chi connectivity index (χ4v) is 4.41. The minimum atomic E-state index is 0.0322. The van der Waals surface area contributed by atoms with E-state index in [9.17, 15) is 4.79 Å². The highest BCUT2D eigenvalue weighted by Gasteiger charge is 2.21. The van der Waals surface area contributed by atoms with Crippen molar-refractivity contribution in [2.45, 2.75) is 51.6 Å². The summed E-state index contributed by atoms with van der Waals surface area (Å²) in [6.07, 6.45) is 6.75. The van der Waals surface area contributed by atoms with Crippen LogP contribution in [0.25, 0.3) is 0 Å². The molecule has 2 aromatic heterocycles. The van der Waals surface area contributed by atoms with Crippen molar-refractivity contribution in [1.82, 2.24) is 20.1 Å². The summed E-state index contributed by atoms with van der Waals surface area (Å²) in [6.45, 7) is 1.44. The summed E-state index contributed by atoms with van der Waals surface area (Å²) >= 11 is 1.73. The monoisotopic (exact) mass is 302 g/mol. The third-order valence-corrected chi connectivity index (χ3v) is 5.49. The second-order valence-electron chi connectivity index (χ2n) is 5.73. The Balaban J connectivity index is 1.47. The zero-order valence-electron chi connectivity index (χ0n) is 11.9. The highest BCUT2D eigenvalue weighted by atomic mass is 32.1. The van der Waals surface area contributed by atoms with E-state index < -0.39 is 0 Å². The number of fused-ring (bicyclic) bond motifs is 2. The number of aryl methyl sites for hydroxylation is 2. The number of carbonyl (C=O) groups is 1. The van der Waals surface area contributed by atoms with Gasteiger partial charge in [-0.15, -0.1) is 21.5 Å². The average molecular weight is 302 g/mol. The van der Waals surface area contributed by atoms with Gasteiger partial charge >= 0.3 is 0 Å². The molecular formula is C15H18N4OS. The zero-order chi connectivity index (χ0) is 14.2. The molecule has 1 amide bonds. The lowest BCUT2D eigenvalue weighted by atomic mass is 9.96. The average Bonchev–Trinajstić information content (AvgIpc) is 3.20. The van der Waals surface area contributed by atoms with Gasteiger partial charge in [0.25, 0.3) is 5.91 Å². The molecule has 0 saturated carbocycles. The summed E-state index contributed by atoms with van der Waals surface area (Å²) in [5.74, 6) is 1.96. The number of carbonyl (C=O) groups excluding carboxylic acids is 1. The molecule has 21 heavy (non-hydrogen) atoms. The molecule has 0 bridgehead atoms. The molecule has 1 aliphatic carbocycles. The van der Waals surface area contributed by atoms with Crippen molar-refractivity contribution in [3.63, 3.8) is 0 Å². The highest BCUT2D eigenvalue weighted by Crippen LogP contribution is 2.30. The summed E-state index contributed by atoms with van der Waals surface area (Å²) in [4.78, 5) is 13.8. The van der Waals surface area contributed by atoms with Gasteiger partial charge in [0.2, 0.25) is 0 Å². The third kappa shape index (κ3) is 2.27. The molecule has 6 heteroatoms. The SMILES string of the molecule is O=C(NCc1nnc2n1CCC2)c1csc2c1CCCC2. The number of thiophene rings is 1. The van der Waals surface area contributed by atoms with Crippen LogP contribution in [0.4, 0.5) is 0 Å². The first-order valence-corrected chi connectivity index (χ1v) is 8.49. The quantitative estimate of drug-likeness (QED) is 0.944. The van der Waals surface area contributed by atoms with Crippen molar-refractivity contribution in [2.75, 3.05) is 0 Å². The maximum atomic E-state index is 12.4. The Labute approximate surface area is 127 Å². The number of nitrogens with one attached hydrogen (secondary N) is 1. The molecule has 2 aromatic rings. The Bertz CT molecular complexity index is 688. The predicted octanol–water partition coefficient (Wildman–Crippen LogP) is 2.09. The molecule has 0 atom stereocenters. The van der Waals surface area contributed by atoms with Crippen molar-refractivity contribution in [3.05, 3.63) is 33.0 Å². The second-order valence-corrected chi connectivity index (χ2v) is 6.69. The maximum Gasteiger partial charge on any atom is 0.252 e. The van der Waals surface area contributed by atoms with Gasteiger partial charge in [-0.1, -0.05) is 0 Å². The molecule has 1 N–H and O–H groups in total. The first-order valence-electron chi connectivity index (χ1n) is 7.61. The lowest BCUT2D eigenvalue weighted by molar-refractivity contribution is 0.0949. The maximum absolute atomic E-state index is 12.4. The molecule has 1 aliphatic heterocycles. The molecule has 0 radical (unpaired) electrons. The lowest BCUT2D eigenvalue weighted by Crippen LogP contribution is -2.25. The number of amides is 1. The number of nitrogens with zero attached hydrogens (tertiary/aromatic N) is 3. The Kier molecular flexibility index (Phi) is 3.25.